The van der Waals surface area contributed by atoms with Crippen molar-refractivity contribution in [3.05, 3.63) is 93.6 Å². The van der Waals surface area contributed by atoms with Gasteiger partial charge in [0.15, 0.2) is 0 Å². The van der Waals surface area contributed by atoms with Gasteiger partial charge in [0.1, 0.15) is 11.5 Å². The predicted molar refractivity (Wildman–Crippen MR) is 138 cm³/mol. The number of methoxy groups -OCH3 is 2. The Hall–Kier alpha value is -3.44. The molecule has 0 saturated heterocycles. The van der Waals surface area contributed by atoms with E-state index in [0.29, 0.717) is 18.5 Å². The van der Waals surface area contributed by atoms with E-state index in [9.17, 15) is 4.79 Å². The maximum atomic E-state index is 12.9. The van der Waals surface area contributed by atoms with E-state index < -0.39 is 0 Å². The molecule has 5 nitrogen and oxygen atoms in total. The number of amides is 1. The molecule has 0 spiro atoms. The number of carbonyl (C=O) groups is 1. The van der Waals surface area contributed by atoms with Crippen molar-refractivity contribution in [1.29, 1.82) is 0 Å². The summed E-state index contributed by atoms with van der Waals surface area (Å²) in [6, 6.07) is 19.5. The number of aromatic nitrogens is 1. The molecule has 0 bridgehead atoms. The molecule has 4 aromatic rings. The molecule has 6 heteroatoms. The normalized spacial score (nSPS) is 11.0. The van der Waals surface area contributed by atoms with Crippen LogP contribution in [0.3, 0.4) is 0 Å². The van der Waals surface area contributed by atoms with E-state index in [1.807, 2.05) is 60.7 Å². The number of carbonyl (C=O) groups excluding carboxylic acids is 1. The van der Waals surface area contributed by atoms with Crippen LogP contribution in [0.4, 0.5) is 0 Å². The van der Waals surface area contributed by atoms with Crippen molar-refractivity contribution in [2.45, 2.75) is 26.8 Å². The largest absolute Gasteiger partial charge is 0.497 e. The molecule has 0 fully saturated rings. The van der Waals surface area contributed by atoms with Crippen LogP contribution in [0, 0.1) is 13.8 Å². The Morgan fingerprint density at radius 1 is 0.971 bits per heavy atom. The van der Waals surface area contributed by atoms with Crippen LogP contribution in [0.15, 0.2) is 60.7 Å². The minimum absolute atomic E-state index is 0.0862. The van der Waals surface area contributed by atoms with Crippen LogP contribution in [0.25, 0.3) is 10.9 Å². The summed E-state index contributed by atoms with van der Waals surface area (Å²) in [5.74, 6) is 1.41. The van der Waals surface area contributed by atoms with Gasteiger partial charge in [0.25, 0.3) is 5.91 Å². The molecular weight excluding hydrogens is 448 g/mol. The average molecular weight is 477 g/mol. The van der Waals surface area contributed by atoms with Crippen molar-refractivity contribution >= 4 is 28.4 Å². The van der Waals surface area contributed by atoms with Crippen LogP contribution in [0.5, 0.6) is 11.5 Å². The minimum atomic E-state index is -0.0862. The lowest BCUT2D eigenvalue weighted by atomic mass is 10.1. The zero-order chi connectivity index (χ0) is 24.2. The van der Waals surface area contributed by atoms with Gasteiger partial charge in [-0.1, -0.05) is 29.8 Å². The Morgan fingerprint density at radius 3 is 2.44 bits per heavy atom. The first-order chi connectivity index (χ1) is 16.4. The Balaban J connectivity index is 1.49. The molecule has 34 heavy (non-hydrogen) atoms. The molecule has 1 amide bonds. The highest BCUT2D eigenvalue weighted by atomic mass is 35.5. The topological polar surface area (TPSA) is 52.5 Å². The van der Waals surface area contributed by atoms with Crippen LogP contribution in [-0.4, -0.2) is 31.2 Å². The fraction of sp³-hybridized carbons (Fsp3) is 0.250. The second-order valence-electron chi connectivity index (χ2n) is 8.34. The van der Waals surface area contributed by atoms with Crippen LogP contribution >= 0.6 is 11.6 Å². The third-order valence-corrected chi connectivity index (χ3v) is 6.58. The van der Waals surface area contributed by atoms with E-state index in [-0.39, 0.29) is 5.91 Å². The summed E-state index contributed by atoms with van der Waals surface area (Å²) in [5, 5.41) is 4.86. The molecule has 0 radical (unpaired) electrons. The van der Waals surface area contributed by atoms with Crippen molar-refractivity contribution in [2.24, 2.45) is 0 Å². The minimum Gasteiger partial charge on any atom is -0.497 e. The lowest BCUT2D eigenvalue weighted by Crippen LogP contribution is -2.25. The molecule has 176 valence electrons. The van der Waals surface area contributed by atoms with Crippen LogP contribution in [0.1, 0.15) is 32.7 Å². The smallest absolute Gasteiger partial charge is 0.251 e. The highest BCUT2D eigenvalue weighted by molar-refractivity contribution is 6.30. The molecule has 4 rings (SSSR count). The highest BCUT2D eigenvalue weighted by Gasteiger charge is 2.15. The van der Waals surface area contributed by atoms with Crippen molar-refractivity contribution in [2.75, 3.05) is 20.8 Å². The van der Waals surface area contributed by atoms with Crippen LogP contribution < -0.4 is 14.8 Å². The third-order valence-electron chi connectivity index (χ3n) is 6.33. The summed E-state index contributed by atoms with van der Waals surface area (Å²) in [6.07, 6.45) is 0.663. The first-order valence-corrected chi connectivity index (χ1v) is 11.6. The number of nitrogens with zero attached hydrogens (tertiary/aromatic N) is 1. The average Bonchev–Trinajstić information content (AvgIpc) is 3.09. The van der Waals surface area contributed by atoms with Gasteiger partial charge in [0.05, 0.1) is 14.2 Å². The summed E-state index contributed by atoms with van der Waals surface area (Å²) in [5.41, 5.74) is 6.34. The van der Waals surface area contributed by atoms with Crippen molar-refractivity contribution < 1.29 is 14.3 Å². The number of benzene rings is 3. The van der Waals surface area contributed by atoms with Gasteiger partial charge in [-0.25, -0.2) is 0 Å². The fourth-order valence-electron chi connectivity index (χ4n) is 4.24. The molecule has 0 aliphatic carbocycles. The number of nitrogens with one attached hydrogen (secondary N) is 1. The molecule has 1 N–H and O–H groups in total. The standard InChI is InChI=1S/C28H29ClN2O3/c1-18-19(2)31(17-20-5-9-23(29)10-6-20)26-12-8-22(15-25(18)26)28(32)30-14-13-21-7-11-24(33-3)16-27(21)34-4/h5-12,15-16H,13-14,17H2,1-4H3,(H,30,32). The predicted octanol–water partition coefficient (Wildman–Crippen LogP) is 5.95. The molecule has 3 aromatic carbocycles. The molecule has 1 aromatic heterocycles. The van der Waals surface area contributed by atoms with Crippen LogP contribution in [0.2, 0.25) is 5.02 Å². The summed E-state index contributed by atoms with van der Waals surface area (Å²) < 4.78 is 13.0. The summed E-state index contributed by atoms with van der Waals surface area (Å²) >= 11 is 6.03. The number of hydrogen-bond acceptors (Lipinski definition) is 3. The Kier molecular flexibility index (Phi) is 7.13. The fourth-order valence-corrected chi connectivity index (χ4v) is 4.36. The number of rotatable bonds is 8. The van der Waals surface area contributed by atoms with E-state index in [1.165, 1.54) is 16.8 Å². The lowest BCUT2D eigenvalue weighted by molar-refractivity contribution is 0.0954. The van der Waals surface area contributed by atoms with Gasteiger partial charge >= 0.3 is 0 Å². The quantitative estimate of drug-likeness (QED) is 0.342. The number of hydrogen-bond donors (Lipinski definition) is 1. The molecule has 0 saturated carbocycles. The molecule has 0 aliphatic heterocycles. The first kappa shape index (κ1) is 23.7. The number of ether oxygens (including phenoxy) is 2. The maximum absolute atomic E-state index is 12.9. The zero-order valence-corrected chi connectivity index (χ0v) is 20.7. The summed E-state index contributed by atoms with van der Waals surface area (Å²) in [4.78, 5) is 12.9. The number of halogens is 1. The van der Waals surface area contributed by atoms with Gasteiger partial charge in [-0.2, -0.15) is 0 Å². The van der Waals surface area contributed by atoms with Crippen molar-refractivity contribution in [3.63, 3.8) is 0 Å². The summed E-state index contributed by atoms with van der Waals surface area (Å²) in [7, 11) is 3.26. The van der Waals surface area contributed by atoms with Gasteiger partial charge < -0.3 is 19.4 Å². The molecule has 0 aliphatic rings. The Bertz CT molecular complexity index is 1330. The highest BCUT2D eigenvalue weighted by Crippen LogP contribution is 2.28. The van der Waals surface area contributed by atoms with Gasteiger partial charge in [-0.05, 0) is 73.4 Å². The van der Waals surface area contributed by atoms with E-state index in [1.54, 1.807) is 14.2 Å². The van der Waals surface area contributed by atoms with Gasteiger partial charge in [-0.3, -0.25) is 4.79 Å². The zero-order valence-electron chi connectivity index (χ0n) is 19.9. The van der Waals surface area contributed by atoms with Gasteiger partial charge in [0, 0.05) is 46.3 Å². The summed E-state index contributed by atoms with van der Waals surface area (Å²) in [6.45, 7) is 5.48. The monoisotopic (exact) mass is 476 g/mol. The van der Waals surface area contributed by atoms with Gasteiger partial charge in [-0.15, -0.1) is 0 Å². The second-order valence-corrected chi connectivity index (χ2v) is 8.78. The SMILES string of the molecule is COc1ccc(CCNC(=O)c2ccc3c(c2)c(C)c(C)n3Cc2ccc(Cl)cc2)c(OC)c1. The maximum Gasteiger partial charge on any atom is 0.251 e. The number of fused-ring (bicyclic) bond motifs is 1. The van der Waals surface area contributed by atoms with Crippen molar-refractivity contribution in [3.8, 4) is 11.5 Å². The molecule has 1 heterocycles. The molecule has 0 atom stereocenters. The molecular formula is C28H29ClN2O3. The first-order valence-electron chi connectivity index (χ1n) is 11.2. The lowest BCUT2D eigenvalue weighted by Gasteiger charge is -2.11. The second kappa shape index (κ2) is 10.2. The third kappa shape index (κ3) is 4.90. The molecule has 0 unspecified atom stereocenters. The van der Waals surface area contributed by atoms with E-state index >= 15 is 0 Å². The van der Waals surface area contributed by atoms with Gasteiger partial charge in [0.2, 0.25) is 0 Å². The van der Waals surface area contributed by atoms with E-state index in [2.05, 4.69) is 23.7 Å². The van der Waals surface area contributed by atoms with E-state index in [4.69, 9.17) is 21.1 Å². The van der Waals surface area contributed by atoms with Crippen LogP contribution in [-0.2, 0) is 13.0 Å². The Morgan fingerprint density at radius 2 is 1.74 bits per heavy atom. The number of aryl methyl sites for hydroxylation is 1. The Labute approximate surface area is 205 Å². The van der Waals surface area contributed by atoms with E-state index in [0.717, 1.165) is 39.5 Å². The van der Waals surface area contributed by atoms with Crippen molar-refractivity contribution in [1.82, 2.24) is 9.88 Å².